The predicted molar refractivity (Wildman–Crippen MR) is 85.0 cm³/mol. The molecule has 3 rings (SSSR count). The molecular formula is C15H12F3N5OS. The molecule has 0 saturated heterocycles. The fourth-order valence-electron chi connectivity index (χ4n) is 2.34. The Kier molecular flexibility index (Phi) is 4.78. The van der Waals surface area contributed by atoms with E-state index in [0.29, 0.717) is 29.1 Å². The molecule has 10 heteroatoms. The first kappa shape index (κ1) is 17.4. The lowest BCUT2D eigenvalue weighted by molar-refractivity contribution is -0.145. The summed E-state index contributed by atoms with van der Waals surface area (Å²) in [5.41, 5.74) is 0.678. The zero-order valence-electron chi connectivity index (χ0n) is 12.8. The Labute approximate surface area is 144 Å². The predicted octanol–water partition coefficient (Wildman–Crippen LogP) is 3.03. The Bertz CT molecular complexity index is 964. The molecular weight excluding hydrogens is 355 g/mol. The third-order valence-electron chi connectivity index (χ3n) is 3.47. The molecule has 0 unspecified atom stereocenters. The molecule has 0 amide bonds. The Morgan fingerprint density at radius 3 is 2.72 bits per heavy atom. The Hall–Kier alpha value is -2.38. The monoisotopic (exact) mass is 367 g/mol. The topological polar surface area (TPSA) is 87.1 Å². The van der Waals surface area contributed by atoms with Gasteiger partial charge in [-0.1, -0.05) is 0 Å². The number of thioether (sulfide) groups is 1. The number of nitrogens with zero attached hydrogens (tertiary/aromatic N) is 5. The molecule has 0 aliphatic rings. The molecule has 0 saturated carbocycles. The zero-order valence-corrected chi connectivity index (χ0v) is 13.6. The summed E-state index contributed by atoms with van der Waals surface area (Å²) in [6.07, 6.45) is -3.39. The van der Waals surface area contributed by atoms with Crippen molar-refractivity contribution in [1.82, 2.24) is 19.6 Å². The molecule has 0 atom stereocenters. The van der Waals surface area contributed by atoms with E-state index in [0.717, 1.165) is 4.40 Å². The van der Waals surface area contributed by atoms with Crippen LogP contribution in [0.25, 0.3) is 16.7 Å². The van der Waals surface area contributed by atoms with E-state index in [4.69, 9.17) is 10.4 Å². The number of benzene rings is 1. The summed E-state index contributed by atoms with van der Waals surface area (Å²) in [6, 6.07) is 6.25. The number of nitriles is 1. The second-order valence-electron chi connectivity index (χ2n) is 5.19. The number of rotatable bonds is 5. The van der Waals surface area contributed by atoms with Crippen molar-refractivity contribution in [2.45, 2.75) is 24.0 Å². The molecule has 0 spiro atoms. The van der Waals surface area contributed by atoms with Gasteiger partial charge in [0.2, 0.25) is 5.82 Å². The number of hydrogen-bond acceptors (Lipinski definition) is 6. The summed E-state index contributed by atoms with van der Waals surface area (Å²) in [6.45, 7) is 0.0568. The lowest BCUT2D eigenvalue weighted by Gasteiger charge is -2.10. The highest BCUT2D eigenvalue weighted by Gasteiger charge is 2.38. The average Bonchev–Trinajstić information content (AvgIpc) is 3.04. The molecule has 0 bridgehead atoms. The average molecular weight is 367 g/mol. The third kappa shape index (κ3) is 3.38. The van der Waals surface area contributed by atoms with Crippen LogP contribution < -0.4 is 0 Å². The molecule has 0 radical (unpaired) electrons. The van der Waals surface area contributed by atoms with Crippen LogP contribution in [0.15, 0.2) is 23.2 Å². The summed E-state index contributed by atoms with van der Waals surface area (Å²) in [5.74, 6) is -0.568. The van der Waals surface area contributed by atoms with Gasteiger partial charge in [-0.15, -0.1) is 22.0 Å². The minimum atomic E-state index is -4.69. The van der Waals surface area contributed by atoms with Gasteiger partial charge >= 0.3 is 6.18 Å². The number of hydrogen-bond donors (Lipinski definition) is 1. The highest BCUT2D eigenvalue weighted by atomic mass is 32.2. The standard InChI is InChI=1S/C15H12F3N5OS/c16-15(17,18)14-22-21-12-13(25-6-2-1-5-24)20-10-4-3-9(8-19)7-11(10)23(12)14/h3-4,7,24H,1-2,5-6H2. The fraction of sp³-hybridized carbons (Fsp3) is 0.333. The molecule has 1 N–H and O–H groups in total. The van der Waals surface area contributed by atoms with Gasteiger partial charge in [0.25, 0.3) is 0 Å². The van der Waals surface area contributed by atoms with E-state index in [-0.39, 0.29) is 23.3 Å². The van der Waals surface area contributed by atoms with E-state index < -0.39 is 12.0 Å². The Morgan fingerprint density at radius 2 is 2.04 bits per heavy atom. The summed E-state index contributed by atoms with van der Waals surface area (Å²) < 4.78 is 40.8. The first-order valence-electron chi connectivity index (χ1n) is 7.35. The molecule has 1 aromatic carbocycles. The van der Waals surface area contributed by atoms with Crippen molar-refractivity contribution >= 4 is 28.4 Å². The summed E-state index contributed by atoms with van der Waals surface area (Å²) in [7, 11) is 0. The van der Waals surface area contributed by atoms with Crippen LogP contribution in [0.1, 0.15) is 24.2 Å². The van der Waals surface area contributed by atoms with Gasteiger partial charge in [-0.05, 0) is 36.8 Å². The largest absolute Gasteiger partial charge is 0.452 e. The number of unbranched alkanes of at least 4 members (excludes halogenated alkanes) is 1. The van der Waals surface area contributed by atoms with Crippen LogP contribution in [0.4, 0.5) is 13.2 Å². The second-order valence-corrected chi connectivity index (χ2v) is 6.28. The van der Waals surface area contributed by atoms with Crippen LogP contribution >= 0.6 is 11.8 Å². The minimum Gasteiger partial charge on any atom is -0.396 e. The lowest BCUT2D eigenvalue weighted by atomic mass is 10.2. The fourth-order valence-corrected chi connectivity index (χ4v) is 3.31. The van der Waals surface area contributed by atoms with Crippen molar-refractivity contribution < 1.29 is 18.3 Å². The molecule has 0 aliphatic heterocycles. The molecule has 3 aromatic rings. The van der Waals surface area contributed by atoms with Crippen molar-refractivity contribution in [3.8, 4) is 6.07 Å². The summed E-state index contributed by atoms with van der Waals surface area (Å²) >= 11 is 1.26. The molecule has 6 nitrogen and oxygen atoms in total. The third-order valence-corrected chi connectivity index (χ3v) is 4.51. The van der Waals surface area contributed by atoms with Gasteiger partial charge in [-0.3, -0.25) is 4.40 Å². The molecule has 25 heavy (non-hydrogen) atoms. The van der Waals surface area contributed by atoms with Crippen LogP contribution in [0, 0.1) is 11.3 Å². The number of aliphatic hydroxyl groups excluding tert-OH is 1. The Morgan fingerprint density at radius 1 is 1.24 bits per heavy atom. The highest BCUT2D eigenvalue weighted by Crippen LogP contribution is 2.33. The maximum absolute atomic E-state index is 13.3. The minimum absolute atomic E-state index is 0.00362. The van der Waals surface area contributed by atoms with Crippen molar-refractivity contribution in [3.05, 3.63) is 29.6 Å². The Balaban J connectivity index is 2.21. The van der Waals surface area contributed by atoms with Crippen LogP contribution in [-0.2, 0) is 6.18 Å². The number of halogens is 3. The van der Waals surface area contributed by atoms with Crippen molar-refractivity contribution in [3.63, 3.8) is 0 Å². The molecule has 2 aromatic heterocycles. The molecule has 0 aliphatic carbocycles. The van der Waals surface area contributed by atoms with Crippen molar-refractivity contribution in [2.75, 3.05) is 12.4 Å². The first-order valence-corrected chi connectivity index (χ1v) is 8.34. The van der Waals surface area contributed by atoms with Gasteiger partial charge in [0.05, 0.1) is 22.7 Å². The lowest BCUT2D eigenvalue weighted by Crippen LogP contribution is -2.12. The van der Waals surface area contributed by atoms with Gasteiger partial charge in [0, 0.05) is 6.61 Å². The smallest absolute Gasteiger partial charge is 0.396 e. The SMILES string of the molecule is N#Cc1ccc2nc(SCCCCO)c3nnc(C(F)(F)F)n3c2c1. The number of aliphatic hydroxyl groups is 1. The van der Waals surface area contributed by atoms with E-state index >= 15 is 0 Å². The second kappa shape index (κ2) is 6.85. The number of alkyl halides is 3. The normalized spacial score (nSPS) is 12.0. The summed E-state index contributed by atoms with van der Waals surface area (Å²) in [4.78, 5) is 4.37. The number of fused-ring (bicyclic) bond motifs is 3. The van der Waals surface area contributed by atoms with Crippen LogP contribution in [0.2, 0.25) is 0 Å². The molecule has 0 fully saturated rings. The molecule has 130 valence electrons. The summed E-state index contributed by atoms with van der Waals surface area (Å²) in [5, 5.41) is 25.1. The van der Waals surface area contributed by atoms with E-state index in [2.05, 4.69) is 15.2 Å². The van der Waals surface area contributed by atoms with Crippen molar-refractivity contribution in [1.29, 1.82) is 5.26 Å². The van der Waals surface area contributed by atoms with Crippen LogP contribution in [0.3, 0.4) is 0 Å². The van der Waals surface area contributed by atoms with Crippen LogP contribution in [-0.4, -0.2) is 37.0 Å². The number of aromatic nitrogens is 4. The van der Waals surface area contributed by atoms with Gasteiger partial charge in [-0.2, -0.15) is 18.4 Å². The first-order chi connectivity index (χ1) is 12.0. The molecule has 2 heterocycles. The van der Waals surface area contributed by atoms with E-state index in [9.17, 15) is 13.2 Å². The zero-order chi connectivity index (χ0) is 18.0. The van der Waals surface area contributed by atoms with E-state index in [1.54, 1.807) is 0 Å². The van der Waals surface area contributed by atoms with E-state index in [1.165, 1.54) is 30.0 Å². The highest BCUT2D eigenvalue weighted by molar-refractivity contribution is 7.99. The van der Waals surface area contributed by atoms with Crippen molar-refractivity contribution in [2.24, 2.45) is 0 Å². The van der Waals surface area contributed by atoms with Gasteiger partial charge in [0.1, 0.15) is 5.03 Å². The maximum Gasteiger partial charge on any atom is 0.452 e. The quantitative estimate of drug-likeness (QED) is 0.551. The maximum atomic E-state index is 13.3. The van der Waals surface area contributed by atoms with Gasteiger partial charge in [-0.25, -0.2) is 4.98 Å². The van der Waals surface area contributed by atoms with Crippen LogP contribution in [0.5, 0.6) is 0 Å². The van der Waals surface area contributed by atoms with Gasteiger partial charge in [0.15, 0.2) is 5.65 Å². The van der Waals surface area contributed by atoms with Gasteiger partial charge < -0.3 is 5.11 Å². The van der Waals surface area contributed by atoms with E-state index in [1.807, 2.05) is 6.07 Å².